The summed E-state index contributed by atoms with van der Waals surface area (Å²) in [6, 6.07) is 0. The zero-order valence-electron chi connectivity index (χ0n) is 30.1. The highest BCUT2D eigenvalue weighted by molar-refractivity contribution is 5.70. The lowest BCUT2D eigenvalue weighted by molar-refractivity contribution is -0.155. The highest BCUT2D eigenvalue weighted by atomic mass is 16.6. The second-order valence-electron chi connectivity index (χ2n) is 14.1. The van der Waals surface area contributed by atoms with Gasteiger partial charge in [-0.2, -0.15) is 0 Å². The van der Waals surface area contributed by atoms with Crippen molar-refractivity contribution >= 4 is 11.9 Å². The van der Waals surface area contributed by atoms with Crippen LogP contribution in [0.3, 0.4) is 0 Å². The molecule has 0 bridgehead atoms. The van der Waals surface area contributed by atoms with Crippen LogP contribution in [0.2, 0.25) is 0 Å². The van der Waals surface area contributed by atoms with Crippen LogP contribution in [-0.4, -0.2) is 59.9 Å². The Bertz CT molecular complexity index is 648. The first-order valence-corrected chi connectivity index (χ1v) is 19.0. The van der Waals surface area contributed by atoms with Gasteiger partial charge in [0.1, 0.15) is 11.7 Å². The molecule has 6 nitrogen and oxygen atoms in total. The summed E-state index contributed by atoms with van der Waals surface area (Å²) in [4.78, 5) is 26.8. The van der Waals surface area contributed by atoms with Crippen molar-refractivity contribution in [3.8, 4) is 0 Å². The molecule has 0 saturated heterocycles. The largest absolute Gasteiger partial charge is 0.462 e. The molecular formula is C38H75NO5. The molecule has 1 unspecified atom stereocenters. The monoisotopic (exact) mass is 626 g/mol. The molecule has 0 aliphatic heterocycles. The first-order chi connectivity index (χ1) is 21.2. The summed E-state index contributed by atoms with van der Waals surface area (Å²) >= 11 is 0. The molecule has 0 aromatic heterocycles. The maximum atomic E-state index is 12.6. The molecule has 1 N–H and O–H groups in total. The van der Waals surface area contributed by atoms with Gasteiger partial charge in [0.25, 0.3) is 0 Å². The number of esters is 2. The van der Waals surface area contributed by atoms with Crippen LogP contribution >= 0.6 is 0 Å². The van der Waals surface area contributed by atoms with Crippen LogP contribution in [0.5, 0.6) is 0 Å². The molecule has 0 rings (SSSR count). The van der Waals surface area contributed by atoms with E-state index in [0.717, 1.165) is 90.3 Å². The predicted octanol–water partition coefficient (Wildman–Crippen LogP) is 10.3. The van der Waals surface area contributed by atoms with Crippen molar-refractivity contribution < 1.29 is 24.2 Å². The highest BCUT2D eigenvalue weighted by Crippen LogP contribution is 2.18. The first kappa shape index (κ1) is 42.9. The molecule has 0 radical (unpaired) electrons. The third-order valence-corrected chi connectivity index (χ3v) is 8.35. The van der Waals surface area contributed by atoms with Gasteiger partial charge in [-0.3, -0.25) is 9.59 Å². The molecule has 0 fully saturated rings. The van der Waals surface area contributed by atoms with E-state index < -0.39 is 5.60 Å². The minimum atomic E-state index is -0.398. The van der Waals surface area contributed by atoms with Gasteiger partial charge in [-0.1, -0.05) is 110 Å². The maximum Gasteiger partial charge on any atom is 0.306 e. The molecule has 0 aromatic carbocycles. The van der Waals surface area contributed by atoms with Crippen molar-refractivity contribution in [2.75, 3.05) is 26.2 Å². The molecule has 0 aliphatic carbocycles. The van der Waals surface area contributed by atoms with Crippen LogP contribution < -0.4 is 0 Å². The van der Waals surface area contributed by atoms with E-state index in [1.165, 1.54) is 77.0 Å². The van der Waals surface area contributed by atoms with E-state index in [-0.39, 0.29) is 24.6 Å². The summed E-state index contributed by atoms with van der Waals surface area (Å²) in [5.74, 6) is -0.0870. The van der Waals surface area contributed by atoms with Gasteiger partial charge in [-0.15, -0.1) is 0 Å². The quantitative estimate of drug-likeness (QED) is 0.0592. The lowest BCUT2D eigenvalue weighted by Crippen LogP contribution is -2.29. The number of carbonyl (C=O) groups is 2. The normalized spacial score (nSPS) is 12.5. The molecule has 0 aromatic rings. The number of ether oxygens (including phenoxy) is 2. The van der Waals surface area contributed by atoms with Crippen molar-refractivity contribution in [1.29, 1.82) is 0 Å². The minimum Gasteiger partial charge on any atom is -0.462 e. The Morgan fingerprint density at radius 1 is 0.568 bits per heavy atom. The zero-order chi connectivity index (χ0) is 32.7. The van der Waals surface area contributed by atoms with Crippen molar-refractivity contribution in [2.45, 2.75) is 207 Å². The summed E-state index contributed by atoms with van der Waals surface area (Å²) in [6.45, 7) is 13.2. The Morgan fingerprint density at radius 2 is 0.977 bits per heavy atom. The van der Waals surface area contributed by atoms with Gasteiger partial charge in [-0.05, 0) is 85.2 Å². The van der Waals surface area contributed by atoms with Gasteiger partial charge in [0.15, 0.2) is 0 Å². The third kappa shape index (κ3) is 30.9. The molecule has 0 heterocycles. The van der Waals surface area contributed by atoms with E-state index in [2.05, 4.69) is 18.7 Å². The molecule has 1 atom stereocenters. The average Bonchev–Trinajstić information content (AvgIpc) is 2.96. The smallest absolute Gasteiger partial charge is 0.306 e. The summed E-state index contributed by atoms with van der Waals surface area (Å²) in [5.41, 5.74) is -0.398. The minimum absolute atomic E-state index is 0.00787. The standard InChI is InChI=1S/C38H75NO5/c1-6-8-10-12-16-22-28-35(27-21-15-11-9-7-2)43-36(41)29-23-17-13-19-25-31-39(33-34-40)32-26-20-14-18-24-30-37(42)44-38(3,4)5/h35,40H,6-34H2,1-5H3. The fourth-order valence-corrected chi connectivity index (χ4v) is 5.77. The number of unbranched alkanes of at least 4 members (excludes halogenated alkanes) is 17. The Balaban J connectivity index is 4.02. The summed E-state index contributed by atoms with van der Waals surface area (Å²) < 4.78 is 11.3. The third-order valence-electron chi connectivity index (χ3n) is 8.35. The second kappa shape index (κ2) is 30.5. The fraction of sp³-hybridized carbons (Fsp3) is 0.947. The molecule has 262 valence electrons. The van der Waals surface area contributed by atoms with Crippen LogP contribution in [-0.2, 0) is 19.1 Å². The van der Waals surface area contributed by atoms with Gasteiger partial charge in [0, 0.05) is 19.4 Å². The van der Waals surface area contributed by atoms with E-state index >= 15 is 0 Å². The van der Waals surface area contributed by atoms with E-state index in [1.54, 1.807) is 0 Å². The number of rotatable bonds is 32. The molecule has 0 amide bonds. The number of carbonyl (C=O) groups excluding carboxylic acids is 2. The Labute approximate surface area is 273 Å². The zero-order valence-corrected chi connectivity index (χ0v) is 30.1. The number of aliphatic hydroxyl groups is 1. The number of hydrogen-bond acceptors (Lipinski definition) is 6. The molecule has 44 heavy (non-hydrogen) atoms. The number of aliphatic hydroxyl groups excluding tert-OH is 1. The predicted molar refractivity (Wildman–Crippen MR) is 186 cm³/mol. The van der Waals surface area contributed by atoms with Crippen molar-refractivity contribution in [3.63, 3.8) is 0 Å². The summed E-state index contributed by atoms with van der Waals surface area (Å²) in [6.07, 6.45) is 28.1. The highest BCUT2D eigenvalue weighted by Gasteiger charge is 2.16. The maximum absolute atomic E-state index is 12.6. The lowest BCUT2D eigenvalue weighted by Gasteiger charge is -2.21. The van der Waals surface area contributed by atoms with Crippen molar-refractivity contribution in [1.82, 2.24) is 4.90 Å². The van der Waals surface area contributed by atoms with Crippen LogP contribution in [0, 0.1) is 0 Å². The average molecular weight is 626 g/mol. The number of hydrogen-bond donors (Lipinski definition) is 1. The molecule has 0 spiro atoms. The Hall–Kier alpha value is -1.14. The van der Waals surface area contributed by atoms with Gasteiger partial charge in [0.2, 0.25) is 0 Å². The second-order valence-corrected chi connectivity index (χ2v) is 14.1. The van der Waals surface area contributed by atoms with E-state index in [9.17, 15) is 14.7 Å². The Kier molecular flexibility index (Phi) is 29.7. The van der Waals surface area contributed by atoms with Crippen molar-refractivity contribution in [3.05, 3.63) is 0 Å². The molecule has 0 aliphatic rings. The SMILES string of the molecule is CCCCCCCCC(CCCCCCC)OC(=O)CCCCCCCN(CCO)CCCCCCCC(=O)OC(C)(C)C. The summed E-state index contributed by atoms with van der Waals surface area (Å²) in [7, 11) is 0. The first-order valence-electron chi connectivity index (χ1n) is 19.0. The van der Waals surface area contributed by atoms with Gasteiger partial charge in [-0.25, -0.2) is 0 Å². The van der Waals surface area contributed by atoms with Gasteiger partial charge >= 0.3 is 11.9 Å². The molecular weight excluding hydrogens is 550 g/mol. The number of nitrogens with zero attached hydrogens (tertiary/aromatic N) is 1. The Morgan fingerprint density at radius 3 is 1.43 bits per heavy atom. The van der Waals surface area contributed by atoms with Crippen LogP contribution in [0.15, 0.2) is 0 Å². The van der Waals surface area contributed by atoms with Crippen molar-refractivity contribution in [2.24, 2.45) is 0 Å². The van der Waals surface area contributed by atoms with Crippen LogP contribution in [0.1, 0.15) is 195 Å². The molecule has 6 heteroatoms. The van der Waals surface area contributed by atoms with Gasteiger partial charge < -0.3 is 19.5 Å². The van der Waals surface area contributed by atoms with E-state index in [1.807, 2.05) is 20.8 Å². The van der Waals surface area contributed by atoms with E-state index in [4.69, 9.17) is 9.47 Å². The van der Waals surface area contributed by atoms with E-state index in [0.29, 0.717) is 12.8 Å². The van der Waals surface area contributed by atoms with Crippen LogP contribution in [0.4, 0.5) is 0 Å². The topological polar surface area (TPSA) is 76.1 Å². The summed E-state index contributed by atoms with van der Waals surface area (Å²) in [5, 5.41) is 9.47. The lowest BCUT2D eigenvalue weighted by atomic mass is 10.0. The molecule has 0 saturated carbocycles. The van der Waals surface area contributed by atoms with Gasteiger partial charge in [0.05, 0.1) is 6.61 Å². The van der Waals surface area contributed by atoms with Crippen LogP contribution in [0.25, 0.3) is 0 Å². The fourth-order valence-electron chi connectivity index (χ4n) is 5.77.